The number of carbonyl (C=O) groups excluding carboxylic acids is 1. The van der Waals surface area contributed by atoms with E-state index in [1.54, 1.807) is 0 Å². The van der Waals surface area contributed by atoms with E-state index in [9.17, 15) is 4.79 Å². The van der Waals surface area contributed by atoms with Gasteiger partial charge >= 0.3 is 0 Å². The van der Waals surface area contributed by atoms with Crippen molar-refractivity contribution in [3.8, 4) is 0 Å². The standard InChI is InChI=1S/C14H19N3O/c15-10-1-2-13(12(16)7-10)17-5-3-14(4-6-17)8-11(18)9-14/h1-2,7H,3-6,8-9,15-16H2. The minimum absolute atomic E-state index is 0.316. The van der Waals surface area contributed by atoms with Crippen molar-refractivity contribution in [2.24, 2.45) is 5.41 Å². The van der Waals surface area contributed by atoms with Crippen LogP contribution in [0.25, 0.3) is 0 Å². The van der Waals surface area contributed by atoms with Gasteiger partial charge in [-0.25, -0.2) is 0 Å². The fourth-order valence-electron chi connectivity index (χ4n) is 3.22. The molecule has 96 valence electrons. The van der Waals surface area contributed by atoms with E-state index in [0.29, 0.717) is 16.9 Å². The minimum atomic E-state index is 0.316. The molecular weight excluding hydrogens is 226 g/mol. The Labute approximate surface area is 107 Å². The van der Waals surface area contributed by atoms with Crippen LogP contribution in [0.5, 0.6) is 0 Å². The van der Waals surface area contributed by atoms with Crippen molar-refractivity contribution in [3.63, 3.8) is 0 Å². The van der Waals surface area contributed by atoms with E-state index in [4.69, 9.17) is 11.5 Å². The van der Waals surface area contributed by atoms with Crippen LogP contribution in [-0.4, -0.2) is 18.9 Å². The molecule has 4 nitrogen and oxygen atoms in total. The summed E-state index contributed by atoms with van der Waals surface area (Å²) in [6, 6.07) is 5.70. The molecule has 0 unspecified atom stereocenters. The van der Waals surface area contributed by atoms with Gasteiger partial charge in [-0.2, -0.15) is 0 Å². The SMILES string of the molecule is Nc1ccc(N2CCC3(CC2)CC(=O)C3)c(N)c1. The zero-order chi connectivity index (χ0) is 12.8. The zero-order valence-electron chi connectivity index (χ0n) is 10.5. The molecule has 2 fully saturated rings. The van der Waals surface area contributed by atoms with Crippen LogP contribution in [0.2, 0.25) is 0 Å². The third-order valence-corrected chi connectivity index (χ3v) is 4.36. The molecule has 1 saturated heterocycles. The van der Waals surface area contributed by atoms with E-state index in [1.807, 2.05) is 18.2 Å². The average molecular weight is 245 g/mol. The van der Waals surface area contributed by atoms with Gasteiger partial charge in [-0.15, -0.1) is 0 Å². The largest absolute Gasteiger partial charge is 0.399 e. The van der Waals surface area contributed by atoms with Crippen LogP contribution < -0.4 is 16.4 Å². The monoisotopic (exact) mass is 245 g/mol. The quantitative estimate of drug-likeness (QED) is 0.740. The van der Waals surface area contributed by atoms with Crippen molar-refractivity contribution >= 4 is 22.8 Å². The van der Waals surface area contributed by atoms with E-state index in [2.05, 4.69) is 4.90 Å². The Bertz CT molecular complexity index is 480. The highest BCUT2D eigenvalue weighted by atomic mass is 16.1. The predicted molar refractivity (Wildman–Crippen MR) is 73.4 cm³/mol. The van der Waals surface area contributed by atoms with Crippen molar-refractivity contribution in [2.45, 2.75) is 25.7 Å². The first kappa shape index (κ1) is 11.4. The molecule has 0 radical (unpaired) electrons. The molecule has 18 heavy (non-hydrogen) atoms. The number of ketones is 1. The number of Topliss-reactive ketones (excluding diaryl/α,β-unsaturated/α-hetero) is 1. The Balaban J connectivity index is 1.71. The number of nitrogens with two attached hydrogens (primary N) is 2. The summed E-state index contributed by atoms with van der Waals surface area (Å²) < 4.78 is 0. The van der Waals surface area contributed by atoms with Crippen LogP contribution in [-0.2, 0) is 4.79 Å². The number of anilines is 3. The summed E-state index contributed by atoms with van der Waals surface area (Å²) >= 11 is 0. The predicted octanol–water partition coefficient (Wildman–Crippen LogP) is 1.80. The van der Waals surface area contributed by atoms with Gasteiger partial charge in [0.25, 0.3) is 0 Å². The topological polar surface area (TPSA) is 72.3 Å². The van der Waals surface area contributed by atoms with Gasteiger partial charge in [0.1, 0.15) is 5.78 Å². The molecular formula is C14H19N3O. The maximum atomic E-state index is 11.2. The molecule has 0 amide bonds. The molecule has 1 spiro atoms. The van der Waals surface area contributed by atoms with Crippen LogP contribution in [0.3, 0.4) is 0 Å². The number of hydrogen-bond donors (Lipinski definition) is 2. The second-order valence-electron chi connectivity index (χ2n) is 5.70. The molecule has 1 aromatic rings. The van der Waals surface area contributed by atoms with Crippen LogP contribution in [0, 0.1) is 5.41 Å². The number of nitrogens with zero attached hydrogens (tertiary/aromatic N) is 1. The van der Waals surface area contributed by atoms with E-state index in [-0.39, 0.29) is 0 Å². The lowest BCUT2D eigenvalue weighted by atomic mass is 9.62. The highest BCUT2D eigenvalue weighted by Gasteiger charge is 2.45. The number of rotatable bonds is 1. The van der Waals surface area contributed by atoms with Crippen molar-refractivity contribution < 1.29 is 4.79 Å². The van der Waals surface area contributed by atoms with E-state index in [0.717, 1.165) is 50.1 Å². The first-order valence-electron chi connectivity index (χ1n) is 6.50. The van der Waals surface area contributed by atoms with E-state index < -0.39 is 0 Å². The first-order chi connectivity index (χ1) is 8.58. The maximum absolute atomic E-state index is 11.2. The lowest BCUT2D eigenvalue weighted by Gasteiger charge is -2.47. The molecule has 1 aliphatic carbocycles. The van der Waals surface area contributed by atoms with E-state index in [1.165, 1.54) is 0 Å². The molecule has 3 rings (SSSR count). The van der Waals surface area contributed by atoms with Crippen molar-refractivity contribution in [1.29, 1.82) is 0 Å². The Kier molecular flexibility index (Phi) is 2.47. The summed E-state index contributed by atoms with van der Waals surface area (Å²) in [6.45, 7) is 1.97. The lowest BCUT2D eigenvalue weighted by molar-refractivity contribution is -0.133. The summed E-state index contributed by atoms with van der Waals surface area (Å²) in [5.41, 5.74) is 14.6. The zero-order valence-corrected chi connectivity index (χ0v) is 10.5. The molecule has 2 aliphatic rings. The van der Waals surface area contributed by atoms with E-state index >= 15 is 0 Å². The summed E-state index contributed by atoms with van der Waals surface area (Å²) in [5, 5.41) is 0. The van der Waals surface area contributed by atoms with Gasteiger partial charge in [0, 0.05) is 31.6 Å². The molecule has 1 aliphatic heterocycles. The summed E-state index contributed by atoms with van der Waals surface area (Å²) in [5.74, 6) is 0.426. The number of carbonyl (C=O) groups is 1. The Morgan fingerprint density at radius 2 is 1.78 bits per heavy atom. The molecule has 1 aromatic carbocycles. The molecule has 0 atom stereocenters. The fourth-order valence-corrected chi connectivity index (χ4v) is 3.22. The summed E-state index contributed by atoms with van der Waals surface area (Å²) in [7, 11) is 0. The molecule has 0 bridgehead atoms. The molecule has 4 heteroatoms. The van der Waals surface area contributed by atoms with Gasteiger partial charge in [-0.05, 0) is 36.5 Å². The third-order valence-electron chi connectivity index (χ3n) is 4.36. The second kappa shape index (κ2) is 3.90. The highest BCUT2D eigenvalue weighted by molar-refractivity contribution is 5.86. The molecule has 1 heterocycles. The molecule has 0 aromatic heterocycles. The van der Waals surface area contributed by atoms with Gasteiger partial charge in [0.2, 0.25) is 0 Å². The average Bonchev–Trinajstić information content (AvgIpc) is 2.29. The van der Waals surface area contributed by atoms with Gasteiger partial charge in [0.15, 0.2) is 0 Å². The highest BCUT2D eigenvalue weighted by Crippen LogP contribution is 2.47. The second-order valence-corrected chi connectivity index (χ2v) is 5.70. The summed E-state index contributed by atoms with van der Waals surface area (Å²) in [6.07, 6.45) is 3.78. The number of piperidine rings is 1. The van der Waals surface area contributed by atoms with Crippen LogP contribution in [0.1, 0.15) is 25.7 Å². The van der Waals surface area contributed by atoms with Crippen LogP contribution >= 0.6 is 0 Å². The molecule has 1 saturated carbocycles. The lowest BCUT2D eigenvalue weighted by Crippen LogP contribution is -2.47. The van der Waals surface area contributed by atoms with Crippen molar-refractivity contribution in [3.05, 3.63) is 18.2 Å². The van der Waals surface area contributed by atoms with Gasteiger partial charge in [-0.3, -0.25) is 4.79 Å². The maximum Gasteiger partial charge on any atom is 0.134 e. The van der Waals surface area contributed by atoms with Crippen molar-refractivity contribution in [2.75, 3.05) is 29.5 Å². The molecule has 4 N–H and O–H groups in total. The fraction of sp³-hybridized carbons (Fsp3) is 0.500. The van der Waals surface area contributed by atoms with Crippen molar-refractivity contribution in [1.82, 2.24) is 0 Å². The Morgan fingerprint density at radius 3 is 2.33 bits per heavy atom. The Morgan fingerprint density at radius 1 is 1.11 bits per heavy atom. The van der Waals surface area contributed by atoms with Gasteiger partial charge in [0.05, 0.1) is 11.4 Å². The number of hydrogen-bond acceptors (Lipinski definition) is 4. The van der Waals surface area contributed by atoms with Crippen LogP contribution in [0.4, 0.5) is 17.1 Å². The third kappa shape index (κ3) is 1.82. The Hall–Kier alpha value is -1.71. The van der Waals surface area contributed by atoms with Gasteiger partial charge < -0.3 is 16.4 Å². The first-order valence-corrected chi connectivity index (χ1v) is 6.50. The minimum Gasteiger partial charge on any atom is -0.399 e. The normalized spacial score (nSPS) is 22.0. The van der Waals surface area contributed by atoms with Crippen LogP contribution in [0.15, 0.2) is 18.2 Å². The summed E-state index contributed by atoms with van der Waals surface area (Å²) in [4.78, 5) is 13.5. The van der Waals surface area contributed by atoms with Gasteiger partial charge in [-0.1, -0.05) is 0 Å². The number of benzene rings is 1. The number of nitrogen functional groups attached to an aromatic ring is 2. The smallest absolute Gasteiger partial charge is 0.134 e.